The number of nitrogens with one attached hydrogen (secondary N) is 1. The van der Waals surface area contributed by atoms with Crippen LogP contribution in [0.5, 0.6) is 0 Å². The second-order valence-corrected chi connectivity index (χ2v) is 6.17. The molecule has 0 aromatic heterocycles. The Morgan fingerprint density at radius 1 is 1.15 bits per heavy atom. The first-order chi connectivity index (χ1) is 12.0. The van der Waals surface area contributed by atoms with Crippen LogP contribution in [0.1, 0.15) is 23.1 Å². The number of rotatable bonds is 4. The Hall–Kier alpha value is -1.74. The molecule has 1 aromatic rings. The summed E-state index contributed by atoms with van der Waals surface area (Å²) in [7, 11) is 1.79. The van der Waals surface area contributed by atoms with Gasteiger partial charge in [0, 0.05) is 19.2 Å². The molecule has 1 heterocycles. The number of hydrogen-bond donors (Lipinski definition) is 1. The second kappa shape index (κ2) is 8.97. The van der Waals surface area contributed by atoms with E-state index in [0.29, 0.717) is 25.2 Å². The first-order valence-electron chi connectivity index (χ1n) is 7.92. The van der Waals surface area contributed by atoms with Gasteiger partial charge in [0.05, 0.1) is 11.1 Å². The van der Waals surface area contributed by atoms with Crippen LogP contribution in [0.4, 0.5) is 26.3 Å². The molecule has 1 fully saturated rings. The molecule has 1 aliphatic heterocycles. The summed E-state index contributed by atoms with van der Waals surface area (Å²) in [5.41, 5.74) is -3.14. The summed E-state index contributed by atoms with van der Waals surface area (Å²) < 4.78 is 76.9. The Kier molecular flexibility index (Phi) is 7.74. The van der Waals surface area contributed by atoms with E-state index in [-0.39, 0.29) is 30.0 Å². The number of carbonyl (C=O) groups is 1. The molecule has 0 aliphatic carbocycles. The Morgan fingerprint density at radius 2 is 1.70 bits per heavy atom. The highest BCUT2D eigenvalue weighted by atomic mass is 35.5. The van der Waals surface area contributed by atoms with Crippen molar-refractivity contribution in [2.75, 3.05) is 26.7 Å². The van der Waals surface area contributed by atoms with Crippen LogP contribution in [0.3, 0.4) is 0 Å². The smallest absolute Gasteiger partial charge is 0.339 e. The number of benzene rings is 1. The summed E-state index contributed by atoms with van der Waals surface area (Å²) in [4.78, 5) is 13.6. The molecule has 1 atom stereocenters. The van der Waals surface area contributed by atoms with Crippen LogP contribution >= 0.6 is 12.4 Å². The van der Waals surface area contributed by atoms with Crippen LogP contribution in [0, 0.1) is 5.92 Å². The quantitative estimate of drug-likeness (QED) is 0.588. The minimum absolute atomic E-state index is 0. The minimum atomic E-state index is -4.91. The fourth-order valence-corrected chi connectivity index (χ4v) is 2.84. The van der Waals surface area contributed by atoms with Crippen molar-refractivity contribution in [1.82, 2.24) is 10.2 Å². The van der Waals surface area contributed by atoms with Gasteiger partial charge in [-0.1, -0.05) is 0 Å². The van der Waals surface area contributed by atoms with E-state index in [4.69, 9.17) is 0 Å². The molecule has 1 aliphatic rings. The lowest BCUT2D eigenvalue weighted by molar-refractivity contribution is -0.143. The van der Waals surface area contributed by atoms with E-state index in [1.165, 1.54) is 4.90 Å². The third-order valence-electron chi connectivity index (χ3n) is 4.12. The first-order valence-corrected chi connectivity index (χ1v) is 7.92. The highest BCUT2D eigenvalue weighted by Gasteiger charge is 2.36. The lowest BCUT2D eigenvalue weighted by Gasteiger charge is -2.15. The summed E-state index contributed by atoms with van der Waals surface area (Å²) in [6.45, 7) is 1.74. The van der Waals surface area contributed by atoms with Gasteiger partial charge >= 0.3 is 12.4 Å². The summed E-state index contributed by atoms with van der Waals surface area (Å²) >= 11 is 0. The fourth-order valence-electron chi connectivity index (χ4n) is 2.84. The van der Waals surface area contributed by atoms with E-state index in [1.54, 1.807) is 7.05 Å². The lowest BCUT2D eigenvalue weighted by atomic mass is 10.0. The molecule has 1 unspecified atom stereocenters. The van der Waals surface area contributed by atoms with Crippen molar-refractivity contribution in [3.05, 3.63) is 41.0 Å². The monoisotopic (exact) mass is 416 g/mol. The van der Waals surface area contributed by atoms with E-state index in [1.807, 2.05) is 0 Å². The molecule has 10 heteroatoms. The lowest BCUT2D eigenvalue weighted by Crippen LogP contribution is -2.28. The highest BCUT2D eigenvalue weighted by molar-refractivity contribution is 5.92. The molecular weight excluding hydrogens is 398 g/mol. The van der Waals surface area contributed by atoms with Gasteiger partial charge in [-0.25, -0.2) is 0 Å². The summed E-state index contributed by atoms with van der Waals surface area (Å²) in [5.74, 6) is -0.155. The first kappa shape index (κ1) is 23.3. The number of carbonyl (C=O) groups excluding carboxylic acids is 1. The van der Waals surface area contributed by atoms with Gasteiger partial charge in [0.15, 0.2) is 0 Å². The molecule has 0 bridgehead atoms. The zero-order valence-corrected chi connectivity index (χ0v) is 15.1. The van der Waals surface area contributed by atoms with Crippen molar-refractivity contribution in [3.63, 3.8) is 0 Å². The van der Waals surface area contributed by atoms with Crippen LogP contribution in [0.25, 0.3) is 6.08 Å². The predicted molar refractivity (Wildman–Crippen MR) is 91.3 cm³/mol. The molecule has 0 spiro atoms. The van der Waals surface area contributed by atoms with Crippen LogP contribution in [0.2, 0.25) is 0 Å². The Balaban J connectivity index is 0.00000364. The molecule has 27 heavy (non-hydrogen) atoms. The standard InChI is InChI=1S/C17H18F6N2O.ClH/c1-24-9-12-4-5-25(10-12)15(26)3-2-11-6-13(16(18,19)20)8-14(7-11)17(21,22)23;/h2-3,6-8,12,24H,4-5,9-10H2,1H3;1H. The normalized spacial score (nSPS) is 18.0. The van der Waals surface area contributed by atoms with Crippen LogP contribution in [-0.4, -0.2) is 37.5 Å². The summed E-state index contributed by atoms with van der Waals surface area (Å²) in [5, 5.41) is 3.00. The zero-order valence-electron chi connectivity index (χ0n) is 14.3. The molecule has 152 valence electrons. The molecule has 2 rings (SSSR count). The van der Waals surface area contributed by atoms with E-state index < -0.39 is 29.4 Å². The zero-order chi connectivity index (χ0) is 19.5. The van der Waals surface area contributed by atoms with Crippen LogP contribution < -0.4 is 5.32 Å². The molecule has 1 aromatic carbocycles. The maximum absolute atomic E-state index is 12.8. The molecule has 1 amide bonds. The van der Waals surface area contributed by atoms with Gasteiger partial charge in [0.1, 0.15) is 0 Å². The predicted octanol–water partition coefficient (Wildman–Crippen LogP) is 4.23. The Morgan fingerprint density at radius 3 is 2.19 bits per heavy atom. The maximum atomic E-state index is 12.8. The van der Waals surface area contributed by atoms with Crippen molar-refractivity contribution in [3.8, 4) is 0 Å². The summed E-state index contributed by atoms with van der Waals surface area (Å²) in [6, 6.07) is 1.24. The van der Waals surface area contributed by atoms with Crippen LogP contribution in [-0.2, 0) is 17.1 Å². The van der Waals surface area contributed by atoms with Crippen molar-refractivity contribution < 1.29 is 31.1 Å². The van der Waals surface area contributed by atoms with Gasteiger partial charge < -0.3 is 10.2 Å². The minimum Gasteiger partial charge on any atom is -0.339 e. The van der Waals surface area contributed by atoms with Gasteiger partial charge in [-0.05, 0) is 55.8 Å². The van der Waals surface area contributed by atoms with Gasteiger partial charge in [-0.3, -0.25) is 4.79 Å². The van der Waals surface area contributed by atoms with Gasteiger partial charge in [-0.2, -0.15) is 26.3 Å². The SMILES string of the molecule is CNCC1CCN(C(=O)C=Cc2cc(C(F)(F)F)cc(C(F)(F)F)c2)C1.Cl. The van der Waals surface area contributed by atoms with E-state index >= 15 is 0 Å². The highest BCUT2D eigenvalue weighted by Crippen LogP contribution is 2.36. The van der Waals surface area contributed by atoms with Crippen LogP contribution in [0.15, 0.2) is 24.3 Å². The van der Waals surface area contributed by atoms with Crippen molar-refractivity contribution in [2.24, 2.45) is 5.92 Å². The molecular formula is C17H19ClF6N2O. The molecule has 1 saturated heterocycles. The number of hydrogen-bond acceptors (Lipinski definition) is 2. The topological polar surface area (TPSA) is 32.3 Å². The number of alkyl halides is 6. The number of amides is 1. The number of likely N-dealkylation sites (tertiary alicyclic amines) is 1. The molecule has 1 N–H and O–H groups in total. The van der Waals surface area contributed by atoms with Crippen molar-refractivity contribution >= 4 is 24.4 Å². The second-order valence-electron chi connectivity index (χ2n) is 6.17. The largest absolute Gasteiger partial charge is 0.416 e. The maximum Gasteiger partial charge on any atom is 0.416 e. The van der Waals surface area contributed by atoms with Crippen molar-refractivity contribution in [1.29, 1.82) is 0 Å². The average Bonchev–Trinajstić information content (AvgIpc) is 3.00. The molecule has 3 nitrogen and oxygen atoms in total. The Bertz CT molecular complexity index is 655. The average molecular weight is 417 g/mol. The Labute approximate surface area is 158 Å². The molecule has 0 radical (unpaired) electrons. The number of halogens is 7. The van der Waals surface area contributed by atoms with E-state index in [2.05, 4.69) is 5.32 Å². The van der Waals surface area contributed by atoms with E-state index in [0.717, 1.165) is 25.1 Å². The van der Waals surface area contributed by atoms with Crippen molar-refractivity contribution in [2.45, 2.75) is 18.8 Å². The third-order valence-corrected chi connectivity index (χ3v) is 4.12. The van der Waals surface area contributed by atoms with Gasteiger partial charge in [0.25, 0.3) is 0 Å². The van der Waals surface area contributed by atoms with E-state index in [9.17, 15) is 31.1 Å². The fraction of sp³-hybridized carbons (Fsp3) is 0.471. The molecule has 0 saturated carbocycles. The number of nitrogens with zero attached hydrogens (tertiary/aromatic N) is 1. The van der Waals surface area contributed by atoms with Gasteiger partial charge in [-0.15, -0.1) is 12.4 Å². The summed E-state index contributed by atoms with van der Waals surface area (Å²) in [6.07, 6.45) is -7.04. The third kappa shape index (κ3) is 6.42. The van der Waals surface area contributed by atoms with Gasteiger partial charge in [0.2, 0.25) is 5.91 Å².